The largest absolute Gasteiger partial charge is 0.298 e. The number of anilines is 1. The lowest BCUT2D eigenvalue weighted by Crippen LogP contribution is -2.12. The number of nitro groups is 1. The lowest BCUT2D eigenvalue weighted by atomic mass is 10.2. The molecule has 0 aliphatic heterocycles. The first-order chi connectivity index (χ1) is 12.0. The van der Waals surface area contributed by atoms with Crippen LogP contribution >= 0.6 is 22.9 Å². The summed E-state index contributed by atoms with van der Waals surface area (Å²) in [4.78, 5) is 32.0. The van der Waals surface area contributed by atoms with Crippen molar-refractivity contribution in [1.82, 2.24) is 9.97 Å². The number of carbonyl (C=O) groups excluding carboxylic acids is 1. The maximum absolute atomic E-state index is 12.4. The molecule has 0 spiro atoms. The minimum absolute atomic E-state index is 0.00456. The molecule has 0 aliphatic carbocycles. The van der Waals surface area contributed by atoms with Gasteiger partial charge in [-0.15, -0.1) is 0 Å². The zero-order valence-corrected chi connectivity index (χ0v) is 14.5. The number of aromatic nitrogens is 2. The Morgan fingerprint density at radius 2 is 2.12 bits per heavy atom. The van der Waals surface area contributed by atoms with Crippen molar-refractivity contribution in [3.8, 4) is 10.6 Å². The number of hydrogen-bond acceptors (Lipinski definition) is 6. The number of carbonyl (C=O) groups is 1. The van der Waals surface area contributed by atoms with E-state index in [0.717, 1.165) is 22.3 Å². The summed E-state index contributed by atoms with van der Waals surface area (Å²) in [5.74, 6) is -0.485. The van der Waals surface area contributed by atoms with Crippen LogP contribution in [0.1, 0.15) is 16.1 Å². The summed E-state index contributed by atoms with van der Waals surface area (Å²) >= 11 is 7.27. The number of nitro benzene ring substituents is 1. The van der Waals surface area contributed by atoms with Gasteiger partial charge in [0.2, 0.25) is 0 Å². The predicted octanol–water partition coefficient (Wildman–Crippen LogP) is 4.33. The fourth-order valence-corrected chi connectivity index (χ4v) is 3.35. The molecule has 2 aromatic heterocycles. The van der Waals surface area contributed by atoms with Crippen molar-refractivity contribution in [3.63, 3.8) is 0 Å². The number of aryl methyl sites for hydroxylation is 1. The zero-order chi connectivity index (χ0) is 18.0. The van der Waals surface area contributed by atoms with Crippen molar-refractivity contribution >= 4 is 39.7 Å². The average molecular weight is 375 g/mol. The molecule has 1 aromatic carbocycles. The van der Waals surface area contributed by atoms with E-state index < -0.39 is 10.8 Å². The van der Waals surface area contributed by atoms with Crippen LogP contribution in [0.2, 0.25) is 5.02 Å². The first kappa shape index (κ1) is 17.0. The number of non-ortho nitro benzene ring substituents is 1. The second-order valence-corrected chi connectivity index (χ2v) is 6.43. The number of hydrogen-bond donors (Lipinski definition) is 1. The number of thiazole rings is 1. The van der Waals surface area contributed by atoms with Gasteiger partial charge < -0.3 is 0 Å². The van der Waals surface area contributed by atoms with Crippen LogP contribution in [0.3, 0.4) is 0 Å². The van der Waals surface area contributed by atoms with Gasteiger partial charge in [-0.2, -0.15) is 0 Å². The van der Waals surface area contributed by atoms with Gasteiger partial charge in [0, 0.05) is 18.3 Å². The Bertz CT molecular complexity index is 959. The molecule has 0 atom stereocenters. The van der Waals surface area contributed by atoms with Crippen LogP contribution in [0.15, 0.2) is 42.6 Å². The fraction of sp³-hybridized carbons (Fsp3) is 0.0625. The lowest BCUT2D eigenvalue weighted by Gasteiger charge is -2.03. The minimum Gasteiger partial charge on any atom is -0.298 e. The minimum atomic E-state index is -0.573. The number of nitrogens with zero attached hydrogens (tertiary/aromatic N) is 3. The SMILES string of the molecule is Cc1nc(NC(=O)c2ccc([N+](=O)[O-])cc2Cl)sc1-c1ccccn1. The summed E-state index contributed by atoms with van der Waals surface area (Å²) in [7, 11) is 0. The molecule has 25 heavy (non-hydrogen) atoms. The molecule has 3 rings (SSSR count). The maximum atomic E-state index is 12.4. The third kappa shape index (κ3) is 3.65. The Kier molecular flexibility index (Phi) is 4.73. The number of benzene rings is 1. The molecule has 0 fully saturated rings. The molecular weight excluding hydrogens is 364 g/mol. The van der Waals surface area contributed by atoms with E-state index in [9.17, 15) is 14.9 Å². The topological polar surface area (TPSA) is 98.0 Å². The monoisotopic (exact) mass is 374 g/mol. The Labute approximate surface area is 151 Å². The highest BCUT2D eigenvalue weighted by atomic mass is 35.5. The van der Waals surface area contributed by atoms with Crippen LogP contribution in [0.25, 0.3) is 10.6 Å². The number of pyridine rings is 1. The van der Waals surface area contributed by atoms with Gasteiger partial charge in [-0.3, -0.25) is 25.2 Å². The van der Waals surface area contributed by atoms with Crippen LogP contribution in [0.5, 0.6) is 0 Å². The smallest absolute Gasteiger partial charge is 0.270 e. The van der Waals surface area contributed by atoms with Gasteiger partial charge >= 0.3 is 0 Å². The van der Waals surface area contributed by atoms with Crippen molar-refractivity contribution in [2.24, 2.45) is 0 Å². The van der Waals surface area contributed by atoms with Crippen molar-refractivity contribution in [1.29, 1.82) is 0 Å². The standard InChI is InChI=1S/C16H11ClN4O3S/c1-9-14(13-4-2-3-7-18-13)25-16(19-9)20-15(22)11-6-5-10(21(23)24)8-12(11)17/h2-8H,1H3,(H,19,20,22). The van der Waals surface area contributed by atoms with Crippen molar-refractivity contribution in [2.45, 2.75) is 6.92 Å². The third-order valence-electron chi connectivity index (χ3n) is 3.32. The van der Waals surface area contributed by atoms with E-state index in [4.69, 9.17) is 11.6 Å². The molecule has 1 N–H and O–H groups in total. The van der Waals surface area contributed by atoms with E-state index in [1.807, 2.05) is 25.1 Å². The summed E-state index contributed by atoms with van der Waals surface area (Å²) in [6.07, 6.45) is 1.68. The highest BCUT2D eigenvalue weighted by Crippen LogP contribution is 2.32. The first-order valence-corrected chi connectivity index (χ1v) is 8.29. The fourth-order valence-electron chi connectivity index (χ4n) is 2.15. The van der Waals surface area contributed by atoms with Gasteiger partial charge in [-0.05, 0) is 25.1 Å². The van der Waals surface area contributed by atoms with Gasteiger partial charge in [0.25, 0.3) is 11.6 Å². The molecule has 1 amide bonds. The van der Waals surface area contributed by atoms with Crippen LogP contribution in [0.4, 0.5) is 10.8 Å². The Morgan fingerprint density at radius 1 is 1.32 bits per heavy atom. The Hall–Kier alpha value is -2.84. The average Bonchev–Trinajstić information content (AvgIpc) is 2.95. The zero-order valence-electron chi connectivity index (χ0n) is 12.9. The van der Waals surface area contributed by atoms with E-state index >= 15 is 0 Å². The highest BCUT2D eigenvalue weighted by molar-refractivity contribution is 7.19. The molecule has 9 heteroatoms. The van der Waals surface area contributed by atoms with Crippen LogP contribution in [-0.2, 0) is 0 Å². The summed E-state index contributed by atoms with van der Waals surface area (Å²) < 4.78 is 0. The van der Waals surface area contributed by atoms with Gasteiger partial charge in [-0.25, -0.2) is 4.98 Å². The molecule has 0 saturated heterocycles. The summed E-state index contributed by atoms with van der Waals surface area (Å²) in [6, 6.07) is 9.24. The quantitative estimate of drug-likeness (QED) is 0.541. The van der Waals surface area contributed by atoms with E-state index in [2.05, 4.69) is 15.3 Å². The van der Waals surface area contributed by atoms with Crippen LogP contribution in [0, 0.1) is 17.0 Å². The van der Waals surface area contributed by atoms with Crippen LogP contribution < -0.4 is 5.32 Å². The number of nitrogens with one attached hydrogen (secondary N) is 1. The second-order valence-electron chi connectivity index (χ2n) is 5.02. The van der Waals surface area contributed by atoms with Gasteiger partial charge in [0.15, 0.2) is 5.13 Å². The first-order valence-electron chi connectivity index (χ1n) is 7.10. The van der Waals surface area contributed by atoms with Gasteiger partial charge in [0.05, 0.1) is 31.8 Å². The number of amides is 1. The molecule has 0 aliphatic rings. The maximum Gasteiger partial charge on any atom is 0.270 e. The molecule has 2 heterocycles. The molecule has 126 valence electrons. The molecule has 0 unspecified atom stereocenters. The van der Waals surface area contributed by atoms with Crippen molar-refractivity contribution in [2.75, 3.05) is 5.32 Å². The molecule has 0 bridgehead atoms. The van der Waals surface area contributed by atoms with Gasteiger partial charge in [0.1, 0.15) is 0 Å². The molecule has 3 aromatic rings. The Balaban J connectivity index is 1.84. The highest BCUT2D eigenvalue weighted by Gasteiger charge is 2.17. The number of halogens is 1. The summed E-state index contributed by atoms with van der Waals surface area (Å²) in [6.45, 7) is 1.83. The van der Waals surface area contributed by atoms with E-state index in [0.29, 0.717) is 5.13 Å². The number of rotatable bonds is 4. The van der Waals surface area contributed by atoms with Gasteiger partial charge in [-0.1, -0.05) is 29.0 Å². The normalized spacial score (nSPS) is 10.5. The molecule has 7 nitrogen and oxygen atoms in total. The molecular formula is C16H11ClN4O3S. The summed E-state index contributed by atoms with van der Waals surface area (Å²) in [5, 5.41) is 13.8. The van der Waals surface area contributed by atoms with E-state index in [1.165, 1.54) is 23.5 Å². The van der Waals surface area contributed by atoms with Crippen LogP contribution in [-0.4, -0.2) is 20.8 Å². The van der Waals surface area contributed by atoms with Crippen molar-refractivity contribution < 1.29 is 9.72 Å². The summed E-state index contributed by atoms with van der Waals surface area (Å²) in [5.41, 5.74) is 1.48. The molecule has 0 saturated carbocycles. The predicted molar refractivity (Wildman–Crippen MR) is 96.1 cm³/mol. The van der Waals surface area contributed by atoms with E-state index in [1.54, 1.807) is 6.20 Å². The van der Waals surface area contributed by atoms with Crippen molar-refractivity contribution in [3.05, 3.63) is 69.0 Å². The van der Waals surface area contributed by atoms with E-state index in [-0.39, 0.29) is 16.3 Å². The molecule has 0 radical (unpaired) electrons. The Morgan fingerprint density at radius 3 is 2.76 bits per heavy atom. The second kappa shape index (κ2) is 6.96. The third-order valence-corrected chi connectivity index (χ3v) is 4.73. The lowest BCUT2D eigenvalue weighted by molar-refractivity contribution is -0.384.